The third-order valence-electron chi connectivity index (χ3n) is 20.4. The molecule has 28 nitrogen and oxygen atoms in total. The molecule has 36 heteroatoms. The van der Waals surface area contributed by atoms with Crippen LogP contribution in [0.4, 0.5) is 26.3 Å². The molecular formula is C93H134F6O28S2. The number of alkyl halides is 6. The number of benzene rings is 4. The molecule has 0 spiro atoms. The second-order valence-electron chi connectivity index (χ2n) is 31.0. The van der Waals surface area contributed by atoms with Gasteiger partial charge in [0.25, 0.3) is 0 Å². The molecule has 7 rings (SSSR count). The van der Waals surface area contributed by atoms with Crippen LogP contribution in [0.5, 0.6) is 23.0 Å². The molecular weight excluding hydrogens is 1740 g/mol. The highest BCUT2D eigenvalue weighted by atomic mass is 32.1. The van der Waals surface area contributed by atoms with Crippen LogP contribution >= 0.6 is 22.7 Å². The topological polar surface area (TPSA) is 258 Å². The van der Waals surface area contributed by atoms with Gasteiger partial charge < -0.3 is 133 Å². The molecule has 728 valence electrons. The van der Waals surface area contributed by atoms with E-state index < -0.39 is 61.7 Å². The molecule has 0 atom stereocenters. The van der Waals surface area contributed by atoms with Crippen LogP contribution < -0.4 is 18.9 Å². The highest BCUT2D eigenvalue weighted by Gasteiger charge is 2.80. The van der Waals surface area contributed by atoms with Gasteiger partial charge >= 0.3 is 17.8 Å². The maximum absolute atomic E-state index is 18.3. The first-order valence-corrected chi connectivity index (χ1v) is 44.2. The minimum Gasteiger partial charge on any atom is -0.493 e. The molecule has 0 N–H and O–H groups in total. The highest BCUT2D eigenvalue weighted by molar-refractivity contribution is 7.19. The van der Waals surface area contributed by atoms with Crippen molar-refractivity contribution in [3.8, 4) is 64.8 Å². The molecule has 0 aliphatic heterocycles. The quantitative estimate of drug-likeness (QED) is 0.0254. The van der Waals surface area contributed by atoms with Crippen LogP contribution in [0.1, 0.15) is 11.1 Å². The molecule has 0 unspecified atom stereocenters. The highest BCUT2D eigenvalue weighted by Crippen LogP contribution is 2.67. The van der Waals surface area contributed by atoms with Crippen molar-refractivity contribution in [3.05, 3.63) is 120 Å². The summed E-state index contributed by atoms with van der Waals surface area (Å²) in [5.74, 6) is -15.9. The fourth-order valence-electron chi connectivity index (χ4n) is 13.3. The second-order valence-corrected chi connectivity index (χ2v) is 33.1. The van der Waals surface area contributed by atoms with Crippen molar-refractivity contribution in [3.63, 3.8) is 0 Å². The summed E-state index contributed by atoms with van der Waals surface area (Å²) < 4.78 is 271. The molecule has 2 aromatic heterocycles. The Kier molecular flexibility index (Phi) is 51.3. The van der Waals surface area contributed by atoms with Crippen LogP contribution in [0.15, 0.2) is 109 Å². The zero-order valence-electron chi connectivity index (χ0n) is 76.7. The van der Waals surface area contributed by atoms with Crippen LogP contribution in [0.3, 0.4) is 0 Å². The lowest BCUT2D eigenvalue weighted by Gasteiger charge is -2.33. The van der Waals surface area contributed by atoms with Crippen LogP contribution in [0, 0.1) is 21.7 Å². The minimum absolute atomic E-state index is 0.00842. The van der Waals surface area contributed by atoms with Gasteiger partial charge in [0, 0.05) is 127 Å². The average molecular weight is 1880 g/mol. The number of rotatable bonds is 78. The predicted octanol–water partition coefficient (Wildman–Crippen LogP) is 13.7. The second kappa shape index (κ2) is 60.3. The number of ether oxygens (including phenoxy) is 28. The Bertz CT molecular complexity index is 3600. The van der Waals surface area contributed by atoms with Crippen molar-refractivity contribution in [1.82, 2.24) is 0 Å². The molecule has 1 aliphatic carbocycles. The van der Waals surface area contributed by atoms with Gasteiger partial charge in [-0.05, 0) is 131 Å². The standard InChI is InChI=1S/C93H134F6O28S2/c1-100-29-41-112-55-87(56-113-42-30-101-2,57-114-43-31-102-3)67-124-75-21-13-71(14-22-75)81-53-79(85(128-81)73-17-25-77(26-18-73)126-69-89(61-118-47-35-106-7,62-119-48-36-107-8)63-120-49-37-108-9)83-84(92(96,97)93(98,99)91(83,94)95)80-54-82(72-15-23-76(24-16-72)125-68-88(58-115-44-32-103-4,59-116-45-33-104-5)60-117-46-34-105-6)129-86(80)74-19-27-78(28-20-74)127-70-90(64-121-50-38-109-10,65-122-51-39-110-11)66-123-52-40-111-12/h13-28,53-54H,29-52,55-70H2,1-12H3. The van der Waals surface area contributed by atoms with E-state index >= 15 is 26.3 Å². The van der Waals surface area contributed by atoms with Crippen molar-refractivity contribution in [1.29, 1.82) is 0 Å². The van der Waals surface area contributed by atoms with Crippen LogP contribution in [0.25, 0.3) is 52.9 Å². The number of halogens is 6. The molecule has 0 saturated heterocycles. The lowest BCUT2D eigenvalue weighted by atomic mass is 9.91. The number of hydrogen-bond acceptors (Lipinski definition) is 30. The number of methoxy groups -OCH3 is 12. The Morgan fingerprint density at radius 1 is 0.217 bits per heavy atom. The van der Waals surface area contributed by atoms with Crippen molar-refractivity contribution in [2.24, 2.45) is 21.7 Å². The van der Waals surface area contributed by atoms with Crippen LogP contribution in [-0.2, 0) is 114 Å². The Balaban J connectivity index is 1.45. The molecule has 0 saturated carbocycles. The van der Waals surface area contributed by atoms with Gasteiger partial charge in [-0.25, -0.2) is 0 Å². The summed E-state index contributed by atoms with van der Waals surface area (Å²) in [5, 5.41) is 0. The van der Waals surface area contributed by atoms with Gasteiger partial charge in [-0.3, -0.25) is 0 Å². The first-order valence-electron chi connectivity index (χ1n) is 42.6. The summed E-state index contributed by atoms with van der Waals surface area (Å²) in [4.78, 5) is 0.344. The van der Waals surface area contributed by atoms with Gasteiger partial charge in [-0.15, -0.1) is 22.7 Å². The third-order valence-corrected chi connectivity index (χ3v) is 22.9. The van der Waals surface area contributed by atoms with E-state index in [4.69, 9.17) is 133 Å². The van der Waals surface area contributed by atoms with E-state index in [1.165, 1.54) is 12.1 Å². The average Bonchev–Trinajstić information content (AvgIpc) is 1.52. The predicted molar refractivity (Wildman–Crippen MR) is 476 cm³/mol. The van der Waals surface area contributed by atoms with Gasteiger partial charge in [-0.2, -0.15) is 26.3 Å². The van der Waals surface area contributed by atoms with Gasteiger partial charge in [0.15, 0.2) is 0 Å². The molecule has 2 heterocycles. The summed E-state index contributed by atoms with van der Waals surface area (Å²) in [6.45, 7) is 7.88. The summed E-state index contributed by atoms with van der Waals surface area (Å²) in [5.41, 5.74) is -6.92. The van der Waals surface area contributed by atoms with Gasteiger partial charge in [0.1, 0.15) is 49.4 Å². The van der Waals surface area contributed by atoms with Crippen molar-refractivity contribution in [2.45, 2.75) is 17.8 Å². The SMILES string of the molecule is COCCOCC(COCCOC)(COCCOC)COc1ccc(-c2cc(C3=C(c4cc(-c5ccc(OCC(COCCOC)(COCCOC)COCCOC)cc5)sc4-c4ccc(OCC(COCCOC)(COCCOC)COCCOC)cc4)C(F)(F)C(F)(F)C3(F)F)c(-c3ccc(OCC(COCCOC)(COCCOC)COCCOC)cc3)s2)cc1. The maximum Gasteiger partial charge on any atom is 0.380 e. The van der Waals surface area contributed by atoms with E-state index in [9.17, 15) is 0 Å². The Morgan fingerprint density at radius 3 is 0.543 bits per heavy atom. The molecule has 0 radical (unpaired) electrons. The van der Waals surface area contributed by atoms with E-state index in [-0.39, 0.29) is 227 Å². The molecule has 129 heavy (non-hydrogen) atoms. The van der Waals surface area contributed by atoms with Gasteiger partial charge in [-0.1, -0.05) is 0 Å². The van der Waals surface area contributed by atoms with Crippen LogP contribution in [0.2, 0.25) is 0 Å². The zero-order valence-corrected chi connectivity index (χ0v) is 78.3. The lowest BCUT2D eigenvalue weighted by Crippen LogP contribution is -2.48. The normalized spacial score (nSPS) is 14.1. The van der Waals surface area contributed by atoms with Crippen LogP contribution in [-0.4, -0.2) is 367 Å². The Labute approximate surface area is 763 Å². The zero-order chi connectivity index (χ0) is 93.0. The molecule has 0 fully saturated rings. The Morgan fingerprint density at radius 2 is 0.380 bits per heavy atom. The van der Waals surface area contributed by atoms with Crippen molar-refractivity contribution >= 4 is 33.8 Å². The van der Waals surface area contributed by atoms with E-state index in [2.05, 4.69) is 0 Å². The summed E-state index contributed by atoms with van der Waals surface area (Å²) in [7, 11) is 18.7. The van der Waals surface area contributed by atoms with Gasteiger partial charge in [0.2, 0.25) is 0 Å². The molecule has 0 amide bonds. The Hall–Kier alpha value is -6.16. The van der Waals surface area contributed by atoms with E-state index in [0.717, 1.165) is 22.7 Å². The van der Waals surface area contributed by atoms with E-state index in [1.54, 1.807) is 182 Å². The summed E-state index contributed by atoms with van der Waals surface area (Å²) in [6.07, 6.45) is 0. The number of thiophene rings is 2. The first kappa shape index (κ1) is 110. The first-order chi connectivity index (χ1) is 62.7. The fourth-order valence-corrected chi connectivity index (χ4v) is 15.6. The smallest absolute Gasteiger partial charge is 0.380 e. The largest absolute Gasteiger partial charge is 0.493 e. The minimum atomic E-state index is -6.04. The van der Waals surface area contributed by atoms with Crippen molar-refractivity contribution < 1.29 is 159 Å². The molecule has 0 bridgehead atoms. The maximum atomic E-state index is 18.3. The number of hydrogen-bond donors (Lipinski definition) is 0. The van der Waals surface area contributed by atoms with Gasteiger partial charge in [0.05, 0.1) is 260 Å². The van der Waals surface area contributed by atoms with Crippen molar-refractivity contribution in [2.75, 3.05) is 350 Å². The summed E-state index contributed by atoms with van der Waals surface area (Å²) >= 11 is 1.86. The van der Waals surface area contributed by atoms with E-state index in [1.807, 2.05) is 0 Å². The van der Waals surface area contributed by atoms with E-state index in [0.29, 0.717) is 102 Å². The molecule has 1 aliphatic rings. The molecule has 6 aromatic rings. The third kappa shape index (κ3) is 34.9. The summed E-state index contributed by atoms with van der Waals surface area (Å²) in [6, 6.07) is 28.2. The number of allylic oxidation sites excluding steroid dienone is 2. The monoisotopic (exact) mass is 1880 g/mol. The fraction of sp³-hybridized carbons (Fsp3) is 0.634. The molecule has 4 aromatic carbocycles. The lowest BCUT2D eigenvalue weighted by molar-refractivity contribution is -0.254.